The molecule has 0 amide bonds. The van der Waals surface area contributed by atoms with Crippen molar-refractivity contribution in [2.45, 2.75) is 0 Å². The summed E-state index contributed by atoms with van der Waals surface area (Å²) in [4.78, 5) is 0. The minimum Gasteiger partial charge on any atom is -0.396 e. The second kappa shape index (κ2) is 2.10. The molecule has 0 unspecified atom stereocenters. The van der Waals surface area contributed by atoms with Crippen molar-refractivity contribution in [2.75, 3.05) is 5.73 Å². The summed E-state index contributed by atoms with van der Waals surface area (Å²) in [7, 11) is 0. The van der Waals surface area contributed by atoms with Gasteiger partial charge in [0.05, 0.1) is 10.7 Å². The molecule has 0 radical (unpaired) electrons. The van der Waals surface area contributed by atoms with Gasteiger partial charge in [0.1, 0.15) is 6.33 Å². The molecule has 0 aromatic carbocycles. The van der Waals surface area contributed by atoms with Crippen LogP contribution < -0.4 is 5.73 Å². The Balaban J connectivity index is 2.86. The molecule has 2 rings (SSSR count). The van der Waals surface area contributed by atoms with Crippen LogP contribution in [0.25, 0.3) is 5.65 Å². The Labute approximate surface area is 67.6 Å². The quantitative estimate of drug-likeness (QED) is 0.638. The van der Waals surface area contributed by atoms with Crippen molar-refractivity contribution in [1.82, 2.24) is 14.6 Å². The Morgan fingerprint density at radius 2 is 2.36 bits per heavy atom. The number of hydrogen-bond donors (Lipinski definition) is 1. The average molecular weight is 169 g/mol. The molecule has 0 saturated carbocycles. The molecule has 2 aromatic rings. The van der Waals surface area contributed by atoms with E-state index < -0.39 is 0 Å². The van der Waals surface area contributed by atoms with Crippen LogP contribution in [0.4, 0.5) is 5.69 Å². The first-order chi connectivity index (χ1) is 5.27. The van der Waals surface area contributed by atoms with E-state index in [1.165, 1.54) is 0 Å². The van der Waals surface area contributed by atoms with E-state index in [4.69, 9.17) is 17.3 Å². The molecule has 56 valence electrons. The van der Waals surface area contributed by atoms with E-state index in [1.54, 1.807) is 23.0 Å². The third-order valence-electron chi connectivity index (χ3n) is 1.41. The zero-order valence-corrected chi connectivity index (χ0v) is 6.28. The van der Waals surface area contributed by atoms with E-state index in [-0.39, 0.29) is 0 Å². The third kappa shape index (κ3) is 0.914. The van der Waals surface area contributed by atoms with E-state index in [1.807, 2.05) is 0 Å². The lowest BCUT2D eigenvalue weighted by Crippen LogP contribution is -1.90. The second-order valence-electron chi connectivity index (χ2n) is 2.17. The van der Waals surface area contributed by atoms with Crippen LogP contribution in [0.2, 0.25) is 5.02 Å². The largest absolute Gasteiger partial charge is 0.396 e. The number of halogens is 1. The van der Waals surface area contributed by atoms with Gasteiger partial charge in [-0.1, -0.05) is 11.6 Å². The Bertz CT molecular complexity index is 358. The summed E-state index contributed by atoms with van der Waals surface area (Å²) < 4.78 is 1.71. The zero-order valence-electron chi connectivity index (χ0n) is 5.53. The summed E-state index contributed by atoms with van der Waals surface area (Å²) in [6.45, 7) is 0. The van der Waals surface area contributed by atoms with E-state index >= 15 is 0 Å². The monoisotopic (exact) mass is 168 g/mol. The molecule has 5 heteroatoms. The molecule has 2 heterocycles. The summed E-state index contributed by atoms with van der Waals surface area (Å²) in [5, 5.41) is 7.98. The zero-order chi connectivity index (χ0) is 7.84. The number of fused-ring (bicyclic) bond motifs is 1. The van der Waals surface area contributed by atoms with Gasteiger partial charge in [-0.05, 0) is 0 Å². The fourth-order valence-corrected chi connectivity index (χ4v) is 1.01. The summed E-state index contributed by atoms with van der Waals surface area (Å²) in [6.07, 6.45) is 3.25. The van der Waals surface area contributed by atoms with Gasteiger partial charge in [-0.15, -0.1) is 10.2 Å². The van der Waals surface area contributed by atoms with Crippen LogP contribution in [0.15, 0.2) is 18.6 Å². The van der Waals surface area contributed by atoms with Crippen LogP contribution in [-0.4, -0.2) is 14.6 Å². The maximum Gasteiger partial charge on any atom is 0.162 e. The van der Waals surface area contributed by atoms with E-state index in [9.17, 15) is 0 Å². The van der Waals surface area contributed by atoms with Gasteiger partial charge < -0.3 is 5.73 Å². The SMILES string of the molecule is Nc1cn2cnnc2cc1Cl. The van der Waals surface area contributed by atoms with Crippen LogP contribution in [0.3, 0.4) is 0 Å². The summed E-state index contributed by atoms with van der Waals surface area (Å²) >= 11 is 5.74. The topological polar surface area (TPSA) is 56.2 Å². The van der Waals surface area contributed by atoms with Crippen LogP contribution in [0.5, 0.6) is 0 Å². The Morgan fingerprint density at radius 1 is 1.55 bits per heavy atom. The lowest BCUT2D eigenvalue weighted by atomic mass is 10.4. The molecule has 2 aromatic heterocycles. The molecule has 0 fully saturated rings. The van der Waals surface area contributed by atoms with Gasteiger partial charge in [0.25, 0.3) is 0 Å². The fraction of sp³-hybridized carbons (Fsp3) is 0. The fourth-order valence-electron chi connectivity index (χ4n) is 0.862. The predicted molar refractivity (Wildman–Crippen MR) is 42.4 cm³/mol. The molecule has 0 spiro atoms. The molecular formula is C6H5ClN4. The number of nitrogens with two attached hydrogens (primary N) is 1. The maximum absolute atomic E-state index is 5.74. The highest BCUT2D eigenvalue weighted by Gasteiger charge is 1.99. The first-order valence-electron chi connectivity index (χ1n) is 3.02. The number of rotatable bonds is 0. The molecule has 0 atom stereocenters. The second-order valence-corrected chi connectivity index (χ2v) is 2.58. The van der Waals surface area contributed by atoms with Crippen LogP contribution in [0.1, 0.15) is 0 Å². The number of aromatic nitrogens is 3. The molecule has 2 N–H and O–H groups in total. The Hall–Kier alpha value is -1.29. The molecule has 0 aliphatic heterocycles. The molecule has 11 heavy (non-hydrogen) atoms. The smallest absolute Gasteiger partial charge is 0.162 e. The molecule has 0 saturated heterocycles. The Kier molecular flexibility index (Phi) is 1.22. The summed E-state index contributed by atoms with van der Waals surface area (Å²) in [6, 6.07) is 1.67. The van der Waals surface area contributed by atoms with Crippen molar-refractivity contribution in [3.8, 4) is 0 Å². The highest BCUT2D eigenvalue weighted by molar-refractivity contribution is 6.33. The molecule has 0 bridgehead atoms. The number of pyridine rings is 1. The standard InChI is InChI=1S/C6H5ClN4/c7-4-1-6-10-9-3-11(6)2-5(4)8/h1-3H,8H2. The van der Waals surface area contributed by atoms with Crippen molar-refractivity contribution in [2.24, 2.45) is 0 Å². The van der Waals surface area contributed by atoms with Gasteiger partial charge in [0, 0.05) is 12.3 Å². The van der Waals surface area contributed by atoms with Gasteiger partial charge in [0.15, 0.2) is 5.65 Å². The van der Waals surface area contributed by atoms with E-state index in [0.29, 0.717) is 16.4 Å². The van der Waals surface area contributed by atoms with Crippen molar-refractivity contribution >= 4 is 22.9 Å². The molecule has 4 nitrogen and oxygen atoms in total. The molecule has 0 aliphatic rings. The number of nitrogens with zero attached hydrogens (tertiary/aromatic N) is 3. The molecule has 0 aliphatic carbocycles. The van der Waals surface area contributed by atoms with Crippen molar-refractivity contribution in [3.63, 3.8) is 0 Å². The third-order valence-corrected chi connectivity index (χ3v) is 1.74. The van der Waals surface area contributed by atoms with Crippen LogP contribution in [0, 0.1) is 0 Å². The minimum atomic E-state index is 0.505. The number of nitrogen functional groups attached to an aromatic ring is 1. The Morgan fingerprint density at radius 3 is 3.18 bits per heavy atom. The lowest BCUT2D eigenvalue weighted by Gasteiger charge is -1.96. The van der Waals surface area contributed by atoms with Gasteiger partial charge in [-0.25, -0.2) is 0 Å². The van der Waals surface area contributed by atoms with Crippen molar-refractivity contribution < 1.29 is 0 Å². The predicted octanol–water partition coefficient (Wildman–Crippen LogP) is 0.965. The van der Waals surface area contributed by atoms with Gasteiger partial charge in [-0.3, -0.25) is 4.40 Å². The summed E-state index contributed by atoms with van der Waals surface area (Å²) in [5.74, 6) is 0. The van der Waals surface area contributed by atoms with E-state index in [0.717, 1.165) is 0 Å². The normalized spacial score (nSPS) is 10.6. The van der Waals surface area contributed by atoms with E-state index in [2.05, 4.69) is 10.2 Å². The van der Waals surface area contributed by atoms with Crippen LogP contribution >= 0.6 is 11.6 Å². The maximum atomic E-state index is 5.74. The summed E-state index contributed by atoms with van der Waals surface area (Å²) in [5.41, 5.74) is 6.76. The first kappa shape index (κ1) is 6.42. The lowest BCUT2D eigenvalue weighted by molar-refractivity contribution is 1.10. The van der Waals surface area contributed by atoms with Gasteiger partial charge in [-0.2, -0.15) is 0 Å². The van der Waals surface area contributed by atoms with Gasteiger partial charge >= 0.3 is 0 Å². The van der Waals surface area contributed by atoms with Crippen molar-refractivity contribution in [3.05, 3.63) is 23.6 Å². The average Bonchev–Trinajstić information content (AvgIpc) is 2.36. The van der Waals surface area contributed by atoms with Gasteiger partial charge in [0.2, 0.25) is 0 Å². The number of hydrogen-bond acceptors (Lipinski definition) is 3. The van der Waals surface area contributed by atoms with Crippen LogP contribution in [-0.2, 0) is 0 Å². The van der Waals surface area contributed by atoms with Crippen molar-refractivity contribution in [1.29, 1.82) is 0 Å². The molecular weight excluding hydrogens is 164 g/mol. The highest BCUT2D eigenvalue weighted by Crippen LogP contribution is 2.18. The first-order valence-corrected chi connectivity index (χ1v) is 3.39. The highest BCUT2D eigenvalue weighted by atomic mass is 35.5. The minimum absolute atomic E-state index is 0.505. The number of anilines is 1.